The minimum Gasteiger partial charge on any atom is -0.377 e. The number of rotatable bonds is 3. The number of hydrogen-bond acceptors (Lipinski definition) is 6. The lowest BCUT2D eigenvalue weighted by molar-refractivity contribution is -0.00498. The molecule has 0 spiro atoms. The Labute approximate surface area is 133 Å². The van der Waals surface area contributed by atoms with E-state index in [1.54, 1.807) is 29.3 Å². The topological polar surface area (TPSA) is 105 Å². The molecule has 3 heterocycles. The largest absolute Gasteiger partial charge is 0.377 e. The fraction of sp³-hybridized carbons (Fsp3) is 0.357. The molecule has 9 heteroatoms. The second-order valence-electron chi connectivity index (χ2n) is 5.22. The molecule has 1 amide bonds. The maximum absolute atomic E-state index is 12.7. The average molecular weight is 336 g/mol. The maximum atomic E-state index is 12.7. The van der Waals surface area contributed by atoms with Crippen molar-refractivity contribution in [3.8, 4) is 0 Å². The first kappa shape index (κ1) is 15.6. The lowest BCUT2D eigenvalue weighted by Gasteiger charge is -2.35. The number of ether oxygens (including phenoxy) is 1. The Bertz CT molecular complexity index is 803. The third kappa shape index (κ3) is 3.10. The molecule has 1 N–H and O–H groups in total. The summed E-state index contributed by atoms with van der Waals surface area (Å²) in [5, 5.41) is 6.51. The van der Waals surface area contributed by atoms with Crippen molar-refractivity contribution < 1.29 is 17.9 Å². The minimum atomic E-state index is -3.46. The zero-order valence-corrected chi connectivity index (χ0v) is 13.3. The van der Waals surface area contributed by atoms with Crippen molar-refractivity contribution >= 4 is 15.7 Å². The van der Waals surface area contributed by atoms with E-state index < -0.39 is 15.9 Å². The Balaban J connectivity index is 1.97. The molecule has 122 valence electrons. The lowest BCUT2D eigenvalue weighted by atomic mass is 10.1. The number of morpholine rings is 1. The van der Waals surface area contributed by atoms with Gasteiger partial charge < -0.3 is 9.64 Å². The van der Waals surface area contributed by atoms with Crippen molar-refractivity contribution in [1.29, 1.82) is 0 Å². The standard InChI is InChI=1S/C14H16N4O4S/c1-23(20,21)12-8-16-17-13(12)11-9-22-7-6-18(11)14(19)10-4-2-3-5-15-10/h2-5,8,11H,6-7,9H2,1H3,(H,16,17)/t11-/m0/s1. The summed E-state index contributed by atoms with van der Waals surface area (Å²) in [6, 6.07) is 4.53. The van der Waals surface area contributed by atoms with E-state index in [0.29, 0.717) is 24.5 Å². The van der Waals surface area contributed by atoms with Gasteiger partial charge in [-0.3, -0.25) is 14.9 Å². The van der Waals surface area contributed by atoms with Gasteiger partial charge >= 0.3 is 0 Å². The normalized spacial score (nSPS) is 18.8. The van der Waals surface area contributed by atoms with Gasteiger partial charge in [-0.15, -0.1) is 0 Å². The van der Waals surface area contributed by atoms with Gasteiger partial charge in [0.2, 0.25) is 0 Å². The quantitative estimate of drug-likeness (QED) is 0.871. The maximum Gasteiger partial charge on any atom is 0.273 e. The Morgan fingerprint density at radius 2 is 2.26 bits per heavy atom. The van der Waals surface area contributed by atoms with E-state index in [4.69, 9.17) is 4.74 Å². The summed E-state index contributed by atoms with van der Waals surface area (Å²) in [4.78, 5) is 18.4. The fourth-order valence-electron chi connectivity index (χ4n) is 2.54. The van der Waals surface area contributed by atoms with E-state index >= 15 is 0 Å². The SMILES string of the molecule is CS(=O)(=O)c1cn[nH]c1[C@@H]1COCCN1C(=O)c1ccccn1. The van der Waals surface area contributed by atoms with Crippen LogP contribution in [0.25, 0.3) is 0 Å². The Kier molecular flexibility index (Phi) is 4.14. The Morgan fingerprint density at radius 3 is 2.96 bits per heavy atom. The van der Waals surface area contributed by atoms with Crippen LogP contribution in [0.2, 0.25) is 0 Å². The van der Waals surface area contributed by atoms with Crippen LogP contribution in [0.1, 0.15) is 22.2 Å². The van der Waals surface area contributed by atoms with Gasteiger partial charge in [0.05, 0.1) is 31.1 Å². The van der Waals surface area contributed by atoms with Crippen LogP contribution in [0.5, 0.6) is 0 Å². The van der Waals surface area contributed by atoms with Gasteiger partial charge in [0.1, 0.15) is 10.6 Å². The first-order valence-corrected chi connectivity index (χ1v) is 8.90. The summed E-state index contributed by atoms with van der Waals surface area (Å²) >= 11 is 0. The van der Waals surface area contributed by atoms with Crippen LogP contribution in [0.15, 0.2) is 35.5 Å². The highest BCUT2D eigenvalue weighted by atomic mass is 32.2. The van der Waals surface area contributed by atoms with Crippen LogP contribution in [0, 0.1) is 0 Å². The number of nitrogens with one attached hydrogen (secondary N) is 1. The van der Waals surface area contributed by atoms with Crippen molar-refractivity contribution in [2.45, 2.75) is 10.9 Å². The lowest BCUT2D eigenvalue weighted by Crippen LogP contribution is -2.44. The molecule has 8 nitrogen and oxygen atoms in total. The number of sulfone groups is 1. The molecule has 3 rings (SSSR count). The number of hydrogen-bond donors (Lipinski definition) is 1. The summed E-state index contributed by atoms with van der Waals surface area (Å²) in [7, 11) is -3.46. The third-order valence-electron chi connectivity index (χ3n) is 3.64. The van der Waals surface area contributed by atoms with Crippen molar-refractivity contribution in [2.75, 3.05) is 26.0 Å². The van der Waals surface area contributed by atoms with Crippen LogP contribution in [-0.4, -0.2) is 60.4 Å². The smallest absolute Gasteiger partial charge is 0.273 e. The van der Waals surface area contributed by atoms with Gasteiger partial charge in [-0.05, 0) is 12.1 Å². The second kappa shape index (κ2) is 6.09. The molecule has 1 atom stereocenters. The zero-order chi connectivity index (χ0) is 16.4. The number of H-pyrrole nitrogens is 1. The highest BCUT2D eigenvalue weighted by Crippen LogP contribution is 2.28. The number of amides is 1. The number of pyridine rings is 1. The molecular formula is C14H16N4O4S. The molecule has 0 saturated carbocycles. The number of aromatic amines is 1. The molecule has 0 aromatic carbocycles. The monoisotopic (exact) mass is 336 g/mol. The highest BCUT2D eigenvalue weighted by Gasteiger charge is 2.34. The molecule has 0 radical (unpaired) electrons. The van der Waals surface area contributed by atoms with Gasteiger partial charge in [0, 0.05) is 19.0 Å². The number of carbonyl (C=O) groups excluding carboxylic acids is 1. The highest BCUT2D eigenvalue weighted by molar-refractivity contribution is 7.90. The van der Waals surface area contributed by atoms with Crippen molar-refractivity contribution in [2.24, 2.45) is 0 Å². The molecule has 1 aliphatic heterocycles. The van der Waals surface area contributed by atoms with Gasteiger partial charge in [-0.2, -0.15) is 5.10 Å². The summed E-state index contributed by atoms with van der Waals surface area (Å²) < 4.78 is 29.2. The summed E-state index contributed by atoms with van der Waals surface area (Å²) in [5.74, 6) is -0.270. The predicted octanol–water partition coefficient (Wildman–Crippen LogP) is 0.422. The molecular weight excluding hydrogens is 320 g/mol. The van der Waals surface area contributed by atoms with Gasteiger partial charge in [-0.25, -0.2) is 8.42 Å². The number of nitrogens with zero attached hydrogens (tertiary/aromatic N) is 3. The molecule has 0 unspecified atom stereocenters. The molecule has 23 heavy (non-hydrogen) atoms. The Morgan fingerprint density at radius 1 is 1.43 bits per heavy atom. The van der Waals surface area contributed by atoms with E-state index in [1.165, 1.54) is 6.20 Å². The van der Waals surface area contributed by atoms with E-state index in [0.717, 1.165) is 6.26 Å². The van der Waals surface area contributed by atoms with Gasteiger partial charge in [0.15, 0.2) is 9.84 Å². The third-order valence-corrected chi connectivity index (χ3v) is 4.76. The Hall–Kier alpha value is -2.26. The van der Waals surface area contributed by atoms with Crippen molar-refractivity contribution in [1.82, 2.24) is 20.1 Å². The van der Waals surface area contributed by atoms with Crippen LogP contribution < -0.4 is 0 Å². The fourth-order valence-corrected chi connectivity index (χ4v) is 3.37. The zero-order valence-electron chi connectivity index (χ0n) is 12.5. The minimum absolute atomic E-state index is 0.0758. The van der Waals surface area contributed by atoms with Crippen LogP contribution in [0.3, 0.4) is 0 Å². The molecule has 1 aliphatic rings. The van der Waals surface area contributed by atoms with Gasteiger partial charge in [0.25, 0.3) is 5.91 Å². The molecule has 2 aromatic rings. The first-order chi connectivity index (χ1) is 11.0. The van der Waals surface area contributed by atoms with E-state index in [2.05, 4.69) is 15.2 Å². The van der Waals surface area contributed by atoms with Crippen molar-refractivity contribution in [3.05, 3.63) is 42.0 Å². The average Bonchev–Trinajstić information content (AvgIpc) is 3.05. The molecule has 1 fully saturated rings. The second-order valence-corrected chi connectivity index (χ2v) is 7.21. The van der Waals surface area contributed by atoms with E-state index in [1.807, 2.05) is 0 Å². The number of carbonyl (C=O) groups is 1. The molecule has 0 bridgehead atoms. The van der Waals surface area contributed by atoms with Crippen LogP contribution in [0.4, 0.5) is 0 Å². The number of aromatic nitrogens is 3. The summed E-state index contributed by atoms with van der Waals surface area (Å²) in [6.07, 6.45) is 3.90. The summed E-state index contributed by atoms with van der Waals surface area (Å²) in [6.45, 7) is 0.934. The van der Waals surface area contributed by atoms with Gasteiger partial charge in [-0.1, -0.05) is 6.07 Å². The van der Waals surface area contributed by atoms with E-state index in [-0.39, 0.29) is 17.4 Å². The van der Waals surface area contributed by atoms with Crippen LogP contribution >= 0.6 is 0 Å². The van der Waals surface area contributed by atoms with Crippen LogP contribution in [-0.2, 0) is 14.6 Å². The van der Waals surface area contributed by atoms with E-state index in [9.17, 15) is 13.2 Å². The predicted molar refractivity (Wildman–Crippen MR) is 80.5 cm³/mol. The molecule has 2 aromatic heterocycles. The molecule has 1 saturated heterocycles. The summed E-state index contributed by atoms with van der Waals surface area (Å²) in [5.41, 5.74) is 0.663. The molecule has 0 aliphatic carbocycles. The first-order valence-electron chi connectivity index (χ1n) is 7.01. The van der Waals surface area contributed by atoms with Crippen molar-refractivity contribution in [3.63, 3.8) is 0 Å².